The Morgan fingerprint density at radius 2 is 1.96 bits per heavy atom. The molecule has 4 aliphatic rings. The van der Waals surface area contributed by atoms with Crippen LogP contribution in [0.25, 0.3) is 5.65 Å². The summed E-state index contributed by atoms with van der Waals surface area (Å²) in [5.74, 6) is 0.503. The zero-order valence-corrected chi connectivity index (χ0v) is 16.1. The highest BCUT2D eigenvalue weighted by Crippen LogP contribution is 2.62. The number of nitrogens with zero attached hydrogens (tertiary/aromatic N) is 2. The minimum Gasteiger partial charge on any atom is -0.390 e. The van der Waals surface area contributed by atoms with Gasteiger partial charge >= 0.3 is 0 Å². The number of hydrazine groups is 1. The van der Waals surface area contributed by atoms with Crippen LogP contribution < -0.4 is 10.9 Å². The van der Waals surface area contributed by atoms with Crippen molar-refractivity contribution in [2.24, 2.45) is 17.3 Å². The van der Waals surface area contributed by atoms with E-state index in [-0.39, 0.29) is 17.2 Å². The first kappa shape index (κ1) is 17.7. The lowest BCUT2D eigenvalue weighted by Gasteiger charge is -2.60. The fourth-order valence-corrected chi connectivity index (χ4v) is 6.57. The minimum absolute atomic E-state index is 0.118. The molecule has 0 spiro atoms. The fourth-order valence-electron chi connectivity index (χ4n) is 6.57. The van der Waals surface area contributed by atoms with Crippen LogP contribution in [0.4, 0.5) is 0 Å². The highest BCUT2D eigenvalue weighted by molar-refractivity contribution is 5.95. The summed E-state index contributed by atoms with van der Waals surface area (Å²) in [4.78, 5) is 29.6. The second-order valence-electron chi connectivity index (χ2n) is 9.34. The van der Waals surface area contributed by atoms with Crippen molar-refractivity contribution in [3.8, 4) is 0 Å². The third kappa shape index (κ3) is 2.89. The van der Waals surface area contributed by atoms with Crippen LogP contribution in [0.3, 0.4) is 0 Å². The van der Waals surface area contributed by atoms with E-state index in [4.69, 9.17) is 0 Å². The Balaban J connectivity index is 1.25. The normalized spacial score (nSPS) is 33.2. The molecule has 28 heavy (non-hydrogen) atoms. The molecule has 148 valence electrons. The maximum Gasteiger partial charge on any atom is 0.288 e. The average molecular weight is 382 g/mol. The van der Waals surface area contributed by atoms with Gasteiger partial charge in [-0.15, -0.1) is 0 Å². The zero-order valence-electron chi connectivity index (χ0n) is 16.1. The molecule has 2 amide bonds. The number of hydrogen-bond acceptors (Lipinski definition) is 4. The van der Waals surface area contributed by atoms with E-state index in [1.54, 1.807) is 17.5 Å². The molecule has 2 atom stereocenters. The lowest BCUT2D eigenvalue weighted by molar-refractivity contribution is -0.169. The third-order valence-electron chi connectivity index (χ3n) is 6.92. The molecule has 3 N–H and O–H groups in total. The molecule has 6 rings (SSSR count). The molecule has 0 aliphatic heterocycles. The number of aliphatic hydroxyl groups is 1. The molecular weight excluding hydrogens is 356 g/mol. The van der Waals surface area contributed by atoms with E-state index in [1.165, 1.54) is 6.42 Å². The van der Waals surface area contributed by atoms with Crippen molar-refractivity contribution in [1.82, 2.24) is 20.2 Å². The van der Waals surface area contributed by atoms with Gasteiger partial charge in [0.05, 0.1) is 11.3 Å². The van der Waals surface area contributed by atoms with E-state index in [0.717, 1.165) is 25.7 Å². The summed E-state index contributed by atoms with van der Waals surface area (Å²) < 4.78 is 1.71. The molecule has 7 nitrogen and oxygen atoms in total. The maximum absolute atomic E-state index is 12.6. The van der Waals surface area contributed by atoms with Crippen molar-refractivity contribution in [3.05, 3.63) is 35.8 Å². The Kier molecular flexibility index (Phi) is 3.81. The SMILES string of the molecule is Cc1nc2ccccn2c1C(=O)NNC(=O)CC12CC3CC(CC(O)(C3)C1)C2. The summed E-state index contributed by atoms with van der Waals surface area (Å²) in [6.07, 6.45) is 7.83. The van der Waals surface area contributed by atoms with Gasteiger partial charge in [-0.3, -0.25) is 24.8 Å². The van der Waals surface area contributed by atoms with Crippen LogP contribution in [-0.2, 0) is 4.79 Å². The van der Waals surface area contributed by atoms with Gasteiger partial charge < -0.3 is 5.11 Å². The molecule has 2 aromatic rings. The summed E-state index contributed by atoms with van der Waals surface area (Å²) in [7, 11) is 0. The second kappa shape index (κ2) is 6.04. The first-order chi connectivity index (χ1) is 13.3. The monoisotopic (exact) mass is 382 g/mol. The van der Waals surface area contributed by atoms with Crippen LogP contribution in [0.1, 0.15) is 61.1 Å². The maximum atomic E-state index is 12.6. The number of carbonyl (C=O) groups excluding carboxylic acids is 2. The average Bonchev–Trinajstić information content (AvgIpc) is 2.93. The Morgan fingerprint density at radius 3 is 2.68 bits per heavy atom. The van der Waals surface area contributed by atoms with E-state index in [2.05, 4.69) is 15.8 Å². The molecule has 0 aromatic carbocycles. The zero-order chi connectivity index (χ0) is 19.5. The van der Waals surface area contributed by atoms with E-state index in [0.29, 0.717) is 41.7 Å². The molecular formula is C21H26N4O3. The van der Waals surface area contributed by atoms with E-state index < -0.39 is 5.60 Å². The summed E-state index contributed by atoms with van der Waals surface area (Å²) in [5, 5.41) is 10.8. The predicted molar refractivity (Wildman–Crippen MR) is 102 cm³/mol. The molecule has 7 heteroatoms. The van der Waals surface area contributed by atoms with Gasteiger partial charge in [0.25, 0.3) is 5.91 Å². The number of hydrogen-bond donors (Lipinski definition) is 3. The first-order valence-corrected chi connectivity index (χ1v) is 10.1. The first-order valence-electron chi connectivity index (χ1n) is 10.1. The summed E-state index contributed by atoms with van der Waals surface area (Å²) in [5.41, 5.74) is 6.16. The molecule has 2 heterocycles. The van der Waals surface area contributed by atoms with Gasteiger partial charge in [-0.05, 0) is 74.8 Å². The van der Waals surface area contributed by atoms with Crippen molar-refractivity contribution in [2.45, 2.75) is 57.5 Å². The predicted octanol–water partition coefficient (Wildman–Crippen LogP) is 2.13. The standard InChI is InChI=1S/C21H26N4O3/c1-13-18(25-5-3-2-4-16(25)22-13)19(27)24-23-17(26)11-20-7-14-6-15(8-20)10-21(28,9-14)12-20/h2-5,14-15,28H,6-12H2,1H3,(H,23,26)(H,24,27). The fraction of sp³-hybridized carbons (Fsp3) is 0.571. The summed E-state index contributed by atoms with van der Waals surface area (Å²) in [6, 6.07) is 5.53. The van der Waals surface area contributed by atoms with Crippen LogP contribution in [0.2, 0.25) is 0 Å². The smallest absolute Gasteiger partial charge is 0.288 e. The number of rotatable bonds is 3. The van der Waals surface area contributed by atoms with Gasteiger partial charge in [0.15, 0.2) is 0 Å². The Morgan fingerprint density at radius 1 is 1.21 bits per heavy atom. The van der Waals surface area contributed by atoms with Crippen molar-refractivity contribution in [2.75, 3.05) is 0 Å². The topological polar surface area (TPSA) is 95.7 Å². The highest BCUT2D eigenvalue weighted by Gasteiger charge is 2.57. The van der Waals surface area contributed by atoms with Crippen LogP contribution in [0, 0.1) is 24.2 Å². The largest absolute Gasteiger partial charge is 0.390 e. The number of carbonyl (C=O) groups is 2. The van der Waals surface area contributed by atoms with Gasteiger partial charge in [0.2, 0.25) is 5.91 Å². The lowest BCUT2D eigenvalue weighted by Crippen LogP contribution is -2.57. The highest BCUT2D eigenvalue weighted by atomic mass is 16.3. The van der Waals surface area contributed by atoms with Gasteiger partial charge in [0.1, 0.15) is 11.3 Å². The van der Waals surface area contributed by atoms with Crippen molar-refractivity contribution in [3.63, 3.8) is 0 Å². The van der Waals surface area contributed by atoms with Crippen molar-refractivity contribution < 1.29 is 14.7 Å². The van der Waals surface area contributed by atoms with E-state index in [9.17, 15) is 14.7 Å². The third-order valence-corrected chi connectivity index (χ3v) is 6.92. The number of fused-ring (bicyclic) bond motifs is 1. The molecule has 4 aliphatic carbocycles. The summed E-state index contributed by atoms with van der Waals surface area (Å²) >= 11 is 0. The molecule has 4 fully saturated rings. The van der Waals surface area contributed by atoms with E-state index in [1.807, 2.05) is 18.2 Å². The quantitative estimate of drug-likeness (QED) is 0.709. The van der Waals surface area contributed by atoms with Crippen LogP contribution in [-0.4, -0.2) is 31.9 Å². The van der Waals surface area contributed by atoms with Gasteiger partial charge in [-0.25, -0.2) is 4.98 Å². The van der Waals surface area contributed by atoms with Gasteiger partial charge in [0, 0.05) is 12.6 Å². The second-order valence-corrected chi connectivity index (χ2v) is 9.34. The number of amides is 2. The number of aromatic nitrogens is 2. The molecule has 0 saturated heterocycles. The Bertz CT molecular complexity index is 952. The Labute approximate surface area is 163 Å². The molecule has 2 unspecified atom stereocenters. The van der Waals surface area contributed by atoms with Crippen LogP contribution in [0.5, 0.6) is 0 Å². The number of aryl methyl sites for hydroxylation is 1. The van der Waals surface area contributed by atoms with Gasteiger partial charge in [-0.2, -0.15) is 0 Å². The number of pyridine rings is 1. The molecule has 2 aromatic heterocycles. The lowest BCUT2D eigenvalue weighted by atomic mass is 9.47. The minimum atomic E-state index is -0.582. The molecule has 4 saturated carbocycles. The van der Waals surface area contributed by atoms with Crippen LogP contribution >= 0.6 is 0 Å². The molecule has 4 bridgehead atoms. The van der Waals surface area contributed by atoms with Crippen LogP contribution in [0.15, 0.2) is 24.4 Å². The van der Waals surface area contributed by atoms with E-state index >= 15 is 0 Å². The summed E-state index contributed by atoms with van der Waals surface area (Å²) in [6.45, 7) is 1.78. The molecule has 0 radical (unpaired) electrons. The number of nitrogens with one attached hydrogen (secondary N) is 2. The van der Waals surface area contributed by atoms with Gasteiger partial charge in [-0.1, -0.05) is 6.07 Å². The van der Waals surface area contributed by atoms with Crippen molar-refractivity contribution in [1.29, 1.82) is 0 Å². The van der Waals surface area contributed by atoms with Crippen molar-refractivity contribution >= 4 is 17.5 Å². The Hall–Kier alpha value is -2.41. The number of imidazole rings is 1.